The van der Waals surface area contributed by atoms with Crippen molar-refractivity contribution in [3.8, 4) is 5.69 Å². The standard InChI is InChI=1S/C24H25F2N5OS.ClH/c1-4-29(5-2)11-12-30(24-28-22-20(26)13-17(25)14-21(22)33-24)23(32)19-15-27-31(16(19)3)18-9-7-6-8-10-18;/h6-10,13-15H,4-5,11-12H2,1-3H3;1H. The van der Waals surface area contributed by atoms with Gasteiger partial charge in [0, 0.05) is 19.2 Å². The molecule has 4 rings (SSSR count). The fraction of sp³-hybridized carbons (Fsp3) is 0.292. The van der Waals surface area contributed by atoms with Gasteiger partial charge in [-0.15, -0.1) is 12.4 Å². The maximum Gasteiger partial charge on any atom is 0.263 e. The van der Waals surface area contributed by atoms with Gasteiger partial charge in [0.1, 0.15) is 11.3 Å². The molecule has 0 unspecified atom stereocenters. The molecule has 0 atom stereocenters. The summed E-state index contributed by atoms with van der Waals surface area (Å²) in [6.07, 6.45) is 1.54. The summed E-state index contributed by atoms with van der Waals surface area (Å²) in [6, 6.07) is 11.6. The monoisotopic (exact) mass is 505 g/mol. The van der Waals surface area contributed by atoms with Crippen LogP contribution in [0.1, 0.15) is 29.9 Å². The summed E-state index contributed by atoms with van der Waals surface area (Å²) in [5.74, 6) is -1.69. The van der Waals surface area contributed by atoms with Gasteiger partial charge >= 0.3 is 0 Å². The van der Waals surface area contributed by atoms with Gasteiger partial charge in [-0.3, -0.25) is 9.69 Å². The molecule has 2 aromatic carbocycles. The van der Waals surface area contributed by atoms with Gasteiger partial charge in [-0.2, -0.15) is 5.10 Å². The van der Waals surface area contributed by atoms with Crippen LogP contribution < -0.4 is 4.90 Å². The van der Waals surface area contributed by atoms with Gasteiger partial charge in [0.05, 0.1) is 27.8 Å². The predicted molar refractivity (Wildman–Crippen MR) is 135 cm³/mol. The number of carbonyl (C=O) groups is 1. The molecule has 0 aliphatic rings. The molecular weight excluding hydrogens is 480 g/mol. The number of thiazole rings is 1. The van der Waals surface area contributed by atoms with E-state index in [9.17, 15) is 13.6 Å². The van der Waals surface area contributed by atoms with Gasteiger partial charge in [-0.1, -0.05) is 43.4 Å². The van der Waals surface area contributed by atoms with Crippen LogP contribution in [0.5, 0.6) is 0 Å². The number of anilines is 1. The summed E-state index contributed by atoms with van der Waals surface area (Å²) in [7, 11) is 0. The highest BCUT2D eigenvalue weighted by Gasteiger charge is 2.26. The maximum absolute atomic E-state index is 14.3. The molecule has 0 aliphatic carbocycles. The van der Waals surface area contributed by atoms with Crippen LogP contribution in [0, 0.1) is 18.6 Å². The fourth-order valence-corrected chi connectivity index (χ4v) is 4.75. The molecule has 0 aliphatic heterocycles. The molecule has 34 heavy (non-hydrogen) atoms. The number of aromatic nitrogens is 3. The van der Waals surface area contributed by atoms with Crippen molar-refractivity contribution in [2.24, 2.45) is 0 Å². The van der Waals surface area contributed by atoms with Crippen LogP contribution in [0.2, 0.25) is 0 Å². The van der Waals surface area contributed by atoms with Gasteiger partial charge in [0.2, 0.25) is 0 Å². The van der Waals surface area contributed by atoms with Crippen LogP contribution in [0.3, 0.4) is 0 Å². The zero-order valence-electron chi connectivity index (χ0n) is 19.2. The Morgan fingerprint density at radius 1 is 1.09 bits per heavy atom. The van der Waals surface area contributed by atoms with E-state index < -0.39 is 11.6 Å². The van der Waals surface area contributed by atoms with E-state index in [1.807, 2.05) is 37.3 Å². The number of carbonyl (C=O) groups excluding carboxylic acids is 1. The summed E-state index contributed by atoms with van der Waals surface area (Å²) in [5.41, 5.74) is 2.04. The summed E-state index contributed by atoms with van der Waals surface area (Å²) < 4.78 is 30.1. The lowest BCUT2D eigenvalue weighted by molar-refractivity contribution is 0.0983. The molecule has 2 heterocycles. The first-order valence-electron chi connectivity index (χ1n) is 10.8. The average molecular weight is 506 g/mol. The number of amides is 1. The fourth-order valence-electron chi connectivity index (χ4n) is 3.72. The van der Waals surface area contributed by atoms with Gasteiger partial charge in [0.15, 0.2) is 10.9 Å². The second-order valence-electron chi connectivity index (χ2n) is 7.61. The third kappa shape index (κ3) is 5.11. The van der Waals surface area contributed by atoms with Gasteiger partial charge in [0.25, 0.3) is 5.91 Å². The van der Waals surface area contributed by atoms with E-state index in [-0.39, 0.29) is 23.8 Å². The van der Waals surface area contributed by atoms with E-state index >= 15 is 0 Å². The first-order valence-corrected chi connectivity index (χ1v) is 11.6. The molecular formula is C24H26ClF2N5OS. The van der Waals surface area contributed by atoms with Crippen molar-refractivity contribution in [2.75, 3.05) is 31.1 Å². The van der Waals surface area contributed by atoms with Gasteiger partial charge < -0.3 is 4.90 Å². The number of fused-ring (bicyclic) bond motifs is 1. The summed E-state index contributed by atoms with van der Waals surface area (Å²) >= 11 is 1.10. The summed E-state index contributed by atoms with van der Waals surface area (Å²) in [5, 5.41) is 4.74. The van der Waals surface area contributed by atoms with Crippen molar-refractivity contribution in [2.45, 2.75) is 20.8 Å². The number of hydrogen-bond donors (Lipinski definition) is 0. The number of nitrogens with zero attached hydrogens (tertiary/aromatic N) is 5. The lowest BCUT2D eigenvalue weighted by Crippen LogP contribution is -2.39. The Bertz CT molecular complexity index is 1270. The molecule has 1 amide bonds. The van der Waals surface area contributed by atoms with Crippen LogP contribution in [-0.2, 0) is 0 Å². The molecule has 10 heteroatoms. The molecule has 6 nitrogen and oxygen atoms in total. The number of hydrogen-bond acceptors (Lipinski definition) is 5. The van der Waals surface area contributed by atoms with Crippen molar-refractivity contribution >= 4 is 45.0 Å². The highest BCUT2D eigenvalue weighted by molar-refractivity contribution is 7.22. The predicted octanol–water partition coefficient (Wildman–Crippen LogP) is 5.48. The van der Waals surface area contributed by atoms with E-state index in [4.69, 9.17) is 0 Å². The summed E-state index contributed by atoms with van der Waals surface area (Å²) in [6.45, 7) is 8.60. The molecule has 0 fully saturated rings. The number of para-hydroxylation sites is 1. The second kappa shape index (κ2) is 11.0. The Balaban J connectivity index is 0.00000324. The molecule has 2 aromatic heterocycles. The summed E-state index contributed by atoms with van der Waals surface area (Å²) in [4.78, 5) is 21.8. The Morgan fingerprint density at radius 3 is 2.47 bits per heavy atom. The van der Waals surface area contributed by atoms with Gasteiger partial charge in [-0.05, 0) is 38.2 Å². The van der Waals surface area contributed by atoms with Crippen molar-refractivity contribution in [1.82, 2.24) is 19.7 Å². The minimum atomic E-state index is -0.739. The molecule has 0 saturated heterocycles. The smallest absolute Gasteiger partial charge is 0.263 e. The topological polar surface area (TPSA) is 54.3 Å². The second-order valence-corrected chi connectivity index (χ2v) is 8.61. The van der Waals surface area contributed by atoms with E-state index in [0.717, 1.165) is 36.2 Å². The molecule has 0 spiro atoms. The lowest BCUT2D eigenvalue weighted by atomic mass is 10.2. The molecule has 0 radical (unpaired) electrons. The van der Waals surface area contributed by atoms with Crippen molar-refractivity contribution in [1.29, 1.82) is 0 Å². The van der Waals surface area contributed by atoms with E-state index in [1.54, 1.807) is 15.8 Å². The van der Waals surface area contributed by atoms with Crippen LogP contribution in [-0.4, -0.2) is 51.8 Å². The zero-order valence-corrected chi connectivity index (χ0v) is 20.8. The number of halogens is 3. The highest BCUT2D eigenvalue weighted by atomic mass is 35.5. The van der Waals surface area contributed by atoms with Crippen LogP contribution in [0.15, 0.2) is 48.7 Å². The third-order valence-corrected chi connectivity index (χ3v) is 6.68. The largest absolute Gasteiger partial charge is 0.302 e. The molecule has 0 saturated carbocycles. The number of likely N-dealkylation sites (N-methyl/N-ethyl adjacent to an activating group) is 1. The minimum Gasteiger partial charge on any atom is -0.302 e. The van der Waals surface area contributed by atoms with Crippen molar-refractivity contribution < 1.29 is 13.6 Å². The lowest BCUT2D eigenvalue weighted by Gasteiger charge is -2.24. The molecule has 4 aromatic rings. The van der Waals surface area contributed by atoms with Crippen LogP contribution >= 0.6 is 23.7 Å². The number of benzene rings is 2. The van der Waals surface area contributed by atoms with E-state index in [2.05, 4.69) is 28.8 Å². The third-order valence-electron chi connectivity index (χ3n) is 5.65. The molecule has 0 bridgehead atoms. The Morgan fingerprint density at radius 2 is 1.79 bits per heavy atom. The zero-order chi connectivity index (χ0) is 23.5. The molecule has 180 valence electrons. The first kappa shape index (κ1) is 25.7. The van der Waals surface area contributed by atoms with Gasteiger partial charge in [-0.25, -0.2) is 18.4 Å². The maximum atomic E-state index is 14.3. The van der Waals surface area contributed by atoms with Crippen molar-refractivity contribution in [3.05, 3.63) is 71.6 Å². The van der Waals surface area contributed by atoms with Crippen molar-refractivity contribution in [3.63, 3.8) is 0 Å². The van der Waals surface area contributed by atoms with Crippen LogP contribution in [0.25, 0.3) is 15.9 Å². The average Bonchev–Trinajstić information content (AvgIpc) is 3.41. The minimum absolute atomic E-state index is 0. The quantitative estimate of drug-likeness (QED) is 0.318. The van der Waals surface area contributed by atoms with Crippen LogP contribution in [0.4, 0.5) is 13.9 Å². The SMILES string of the molecule is CCN(CC)CCN(C(=O)c1cnn(-c2ccccc2)c1C)c1nc2c(F)cc(F)cc2s1.Cl. The Hall–Kier alpha value is -2.88. The van der Waals surface area contributed by atoms with E-state index in [0.29, 0.717) is 34.2 Å². The highest BCUT2D eigenvalue weighted by Crippen LogP contribution is 2.32. The first-order chi connectivity index (χ1) is 15.9. The van der Waals surface area contributed by atoms with E-state index in [1.165, 1.54) is 6.07 Å². The number of rotatable bonds is 8. The normalized spacial score (nSPS) is 11.1. The molecule has 0 N–H and O–H groups in total. The Kier molecular flexibility index (Phi) is 8.35. The Labute approximate surface area is 207 Å².